The van der Waals surface area contributed by atoms with Crippen LogP contribution in [0.25, 0.3) is 0 Å². The Balaban J connectivity index is 2.74. The minimum absolute atomic E-state index is 0.255. The minimum Gasteiger partial charge on any atom is -0.342 e. The van der Waals surface area contributed by atoms with Gasteiger partial charge in [-0.15, -0.1) is 0 Å². The van der Waals surface area contributed by atoms with Crippen molar-refractivity contribution in [3.05, 3.63) is 17.5 Å². The molecule has 0 aliphatic carbocycles. The van der Waals surface area contributed by atoms with Gasteiger partial charge in [0, 0.05) is 31.2 Å². The summed E-state index contributed by atoms with van der Waals surface area (Å²) >= 11 is 0. The Kier molecular flexibility index (Phi) is 5.38. The SMILES string of the molecule is CCn1nc(C(C)C)cc1CCN(C=O)C(C)C. The Morgan fingerprint density at radius 1 is 1.39 bits per heavy atom. The lowest BCUT2D eigenvalue weighted by molar-refractivity contribution is -0.119. The lowest BCUT2D eigenvalue weighted by atomic mass is 10.1. The number of aromatic nitrogens is 2. The van der Waals surface area contributed by atoms with Crippen LogP contribution in [0.15, 0.2) is 6.07 Å². The number of nitrogens with zero attached hydrogens (tertiary/aromatic N) is 3. The molecule has 0 fully saturated rings. The smallest absolute Gasteiger partial charge is 0.209 e. The van der Waals surface area contributed by atoms with Crippen LogP contribution in [0.1, 0.15) is 51.9 Å². The van der Waals surface area contributed by atoms with Gasteiger partial charge in [0.25, 0.3) is 0 Å². The molecule has 1 rings (SSSR count). The Bertz CT molecular complexity index is 382. The average molecular weight is 251 g/mol. The first-order chi connectivity index (χ1) is 8.49. The molecule has 0 N–H and O–H groups in total. The van der Waals surface area contributed by atoms with Crippen LogP contribution in [0.3, 0.4) is 0 Å². The molecular weight excluding hydrogens is 226 g/mol. The van der Waals surface area contributed by atoms with Crippen molar-refractivity contribution in [2.45, 2.75) is 59.5 Å². The molecule has 1 heterocycles. The van der Waals surface area contributed by atoms with E-state index in [1.165, 1.54) is 5.69 Å². The normalized spacial score (nSPS) is 11.3. The van der Waals surface area contributed by atoms with Gasteiger partial charge in [0.1, 0.15) is 0 Å². The van der Waals surface area contributed by atoms with E-state index in [4.69, 9.17) is 0 Å². The highest BCUT2D eigenvalue weighted by Crippen LogP contribution is 2.15. The number of carbonyl (C=O) groups is 1. The number of hydrogen-bond acceptors (Lipinski definition) is 2. The predicted octanol–water partition coefficient (Wildman–Crippen LogP) is 2.44. The lowest BCUT2D eigenvalue weighted by Crippen LogP contribution is -2.31. The summed E-state index contributed by atoms with van der Waals surface area (Å²) < 4.78 is 2.04. The van der Waals surface area contributed by atoms with Crippen molar-refractivity contribution in [3.8, 4) is 0 Å². The van der Waals surface area contributed by atoms with Gasteiger partial charge in [-0.05, 0) is 32.8 Å². The molecule has 1 aromatic heterocycles. The van der Waals surface area contributed by atoms with E-state index in [0.29, 0.717) is 5.92 Å². The average Bonchev–Trinajstić information content (AvgIpc) is 2.73. The summed E-state index contributed by atoms with van der Waals surface area (Å²) in [6.07, 6.45) is 1.80. The van der Waals surface area contributed by atoms with E-state index in [9.17, 15) is 4.79 Å². The zero-order valence-corrected chi connectivity index (χ0v) is 12.2. The number of aryl methyl sites for hydroxylation is 1. The van der Waals surface area contributed by atoms with E-state index in [1.54, 1.807) is 0 Å². The third-order valence-electron chi connectivity index (χ3n) is 3.20. The third-order valence-corrected chi connectivity index (χ3v) is 3.20. The number of hydrogen-bond donors (Lipinski definition) is 0. The minimum atomic E-state index is 0.255. The molecule has 1 aromatic rings. The summed E-state index contributed by atoms with van der Waals surface area (Å²) in [5, 5.41) is 4.59. The summed E-state index contributed by atoms with van der Waals surface area (Å²) in [7, 11) is 0. The van der Waals surface area contributed by atoms with Gasteiger partial charge in [-0.3, -0.25) is 9.48 Å². The summed E-state index contributed by atoms with van der Waals surface area (Å²) in [5.74, 6) is 0.448. The molecule has 0 aliphatic heterocycles. The standard InChI is InChI=1S/C14H25N3O/c1-6-17-13(9-14(15-17)11(2)3)7-8-16(10-18)12(4)5/h9-12H,6-8H2,1-5H3. The summed E-state index contributed by atoms with van der Waals surface area (Å²) in [4.78, 5) is 12.8. The molecule has 102 valence electrons. The van der Waals surface area contributed by atoms with Crippen LogP contribution in [-0.2, 0) is 17.8 Å². The highest BCUT2D eigenvalue weighted by Gasteiger charge is 2.12. The van der Waals surface area contributed by atoms with Gasteiger partial charge >= 0.3 is 0 Å². The van der Waals surface area contributed by atoms with Crippen molar-refractivity contribution < 1.29 is 4.79 Å². The predicted molar refractivity (Wildman–Crippen MR) is 73.6 cm³/mol. The molecule has 0 unspecified atom stereocenters. The van der Waals surface area contributed by atoms with Gasteiger partial charge in [0.15, 0.2) is 0 Å². The Morgan fingerprint density at radius 2 is 2.06 bits per heavy atom. The van der Waals surface area contributed by atoms with Crippen LogP contribution in [0, 0.1) is 0 Å². The van der Waals surface area contributed by atoms with Crippen LogP contribution in [0.2, 0.25) is 0 Å². The Hall–Kier alpha value is -1.32. The quantitative estimate of drug-likeness (QED) is 0.698. The molecule has 0 spiro atoms. The van der Waals surface area contributed by atoms with E-state index in [1.807, 2.05) is 23.4 Å². The zero-order valence-electron chi connectivity index (χ0n) is 12.2. The first-order valence-electron chi connectivity index (χ1n) is 6.77. The molecule has 18 heavy (non-hydrogen) atoms. The summed E-state index contributed by atoms with van der Waals surface area (Å²) in [6.45, 7) is 12.1. The molecule has 0 saturated heterocycles. The van der Waals surface area contributed by atoms with Gasteiger partial charge in [-0.1, -0.05) is 13.8 Å². The largest absolute Gasteiger partial charge is 0.342 e. The maximum atomic E-state index is 10.9. The molecule has 0 aromatic carbocycles. The van der Waals surface area contributed by atoms with Crippen molar-refractivity contribution in [2.75, 3.05) is 6.54 Å². The number of rotatable bonds is 7. The van der Waals surface area contributed by atoms with Crippen LogP contribution in [0.4, 0.5) is 0 Å². The maximum Gasteiger partial charge on any atom is 0.209 e. The van der Waals surface area contributed by atoms with Crippen molar-refractivity contribution in [3.63, 3.8) is 0 Å². The van der Waals surface area contributed by atoms with Crippen LogP contribution in [0.5, 0.6) is 0 Å². The molecule has 0 bridgehead atoms. The lowest BCUT2D eigenvalue weighted by Gasteiger charge is -2.21. The number of carbonyl (C=O) groups excluding carboxylic acids is 1. The van der Waals surface area contributed by atoms with Crippen molar-refractivity contribution in [1.82, 2.24) is 14.7 Å². The number of amides is 1. The summed E-state index contributed by atoms with van der Waals surface area (Å²) in [5.41, 5.74) is 2.35. The molecule has 0 aliphatic rings. The molecular formula is C14H25N3O. The summed E-state index contributed by atoms with van der Waals surface area (Å²) in [6, 6.07) is 2.42. The molecule has 0 saturated carbocycles. The first-order valence-corrected chi connectivity index (χ1v) is 6.77. The van der Waals surface area contributed by atoms with Gasteiger partial charge < -0.3 is 4.90 Å². The molecule has 4 heteroatoms. The second-order valence-electron chi connectivity index (χ2n) is 5.22. The van der Waals surface area contributed by atoms with E-state index in [-0.39, 0.29) is 6.04 Å². The van der Waals surface area contributed by atoms with Crippen LogP contribution >= 0.6 is 0 Å². The fraction of sp³-hybridized carbons (Fsp3) is 0.714. The Morgan fingerprint density at radius 3 is 2.50 bits per heavy atom. The highest BCUT2D eigenvalue weighted by atomic mass is 16.1. The van der Waals surface area contributed by atoms with Gasteiger partial charge in [0.2, 0.25) is 6.41 Å². The third kappa shape index (κ3) is 3.59. The second-order valence-corrected chi connectivity index (χ2v) is 5.22. The monoisotopic (exact) mass is 251 g/mol. The van der Waals surface area contributed by atoms with Gasteiger partial charge in [-0.2, -0.15) is 5.10 Å². The van der Waals surface area contributed by atoms with Crippen LogP contribution in [-0.4, -0.2) is 33.7 Å². The molecule has 0 radical (unpaired) electrons. The van der Waals surface area contributed by atoms with Gasteiger partial charge in [-0.25, -0.2) is 0 Å². The van der Waals surface area contributed by atoms with Crippen molar-refractivity contribution in [2.24, 2.45) is 0 Å². The van der Waals surface area contributed by atoms with Crippen molar-refractivity contribution >= 4 is 6.41 Å². The van der Waals surface area contributed by atoms with E-state index < -0.39 is 0 Å². The van der Waals surface area contributed by atoms with E-state index >= 15 is 0 Å². The topological polar surface area (TPSA) is 38.1 Å². The molecule has 1 amide bonds. The zero-order chi connectivity index (χ0) is 13.7. The fourth-order valence-electron chi connectivity index (χ4n) is 1.91. The molecule has 0 atom stereocenters. The van der Waals surface area contributed by atoms with Gasteiger partial charge in [0.05, 0.1) is 5.69 Å². The fourth-order valence-corrected chi connectivity index (χ4v) is 1.91. The van der Waals surface area contributed by atoms with Crippen molar-refractivity contribution in [1.29, 1.82) is 0 Å². The van der Waals surface area contributed by atoms with E-state index in [0.717, 1.165) is 31.6 Å². The van der Waals surface area contributed by atoms with Crippen LogP contribution < -0.4 is 0 Å². The Labute approximate surface area is 110 Å². The highest BCUT2D eigenvalue weighted by molar-refractivity contribution is 5.47. The first kappa shape index (κ1) is 14.7. The maximum absolute atomic E-state index is 10.9. The second kappa shape index (κ2) is 6.57. The van der Waals surface area contributed by atoms with E-state index in [2.05, 4.69) is 31.9 Å². The molecule has 4 nitrogen and oxygen atoms in total.